The summed E-state index contributed by atoms with van der Waals surface area (Å²) in [6.07, 6.45) is 4.83. The van der Waals surface area contributed by atoms with Crippen LogP contribution in [-0.4, -0.2) is 25.7 Å². The van der Waals surface area contributed by atoms with Gasteiger partial charge in [0.15, 0.2) is 0 Å². The van der Waals surface area contributed by atoms with Gasteiger partial charge >= 0.3 is 0 Å². The van der Waals surface area contributed by atoms with Gasteiger partial charge in [-0.3, -0.25) is 4.98 Å². The largest absolute Gasteiger partial charge is 0.398 e. The molecule has 2 aromatic rings. The van der Waals surface area contributed by atoms with E-state index < -0.39 is 10.0 Å². The SMILES string of the molecule is CC1=C[C@H]2Cc3nc4cc(Cl)ccc4c(N)c3[C@@H](C1)[C@@H]2NS(C)(=O)=O. The van der Waals surface area contributed by atoms with Gasteiger partial charge in [0.1, 0.15) is 0 Å². The molecular weight excluding hydrogens is 358 g/mol. The number of hydrogen-bond acceptors (Lipinski definition) is 4. The summed E-state index contributed by atoms with van der Waals surface area (Å²) in [5.74, 6) is 0.0885. The zero-order chi connectivity index (χ0) is 17.9. The normalized spacial score (nSPS) is 25.6. The molecule has 25 heavy (non-hydrogen) atoms. The molecule has 0 unspecified atom stereocenters. The molecule has 0 saturated heterocycles. The Balaban J connectivity index is 1.92. The topological polar surface area (TPSA) is 85.1 Å². The summed E-state index contributed by atoms with van der Waals surface area (Å²) in [4.78, 5) is 4.80. The molecule has 7 heteroatoms. The standard InChI is InChI=1S/C18H20ClN3O2S/c1-9-5-10-7-15-16(13(6-9)18(10)22-25(2,23)24)17(20)12-4-3-11(19)8-14(12)21-15/h3-5,8,10,13,18,22H,6-7H2,1-2H3,(H2,20,21)/t10-,13+,18+/m0/s1. The van der Waals surface area contributed by atoms with E-state index in [-0.39, 0.29) is 17.9 Å². The van der Waals surface area contributed by atoms with Gasteiger partial charge in [-0.1, -0.05) is 23.3 Å². The number of hydrogen-bond donors (Lipinski definition) is 2. The van der Waals surface area contributed by atoms with Crippen LogP contribution < -0.4 is 10.5 Å². The molecule has 1 aromatic heterocycles. The molecular formula is C18H20ClN3O2S. The summed E-state index contributed by atoms with van der Waals surface area (Å²) in [5.41, 5.74) is 11.2. The van der Waals surface area contributed by atoms with Crippen LogP contribution in [0.5, 0.6) is 0 Å². The molecule has 3 N–H and O–H groups in total. The number of sulfonamides is 1. The van der Waals surface area contributed by atoms with Crippen LogP contribution in [0.3, 0.4) is 0 Å². The quantitative estimate of drug-likeness (QED) is 0.788. The van der Waals surface area contributed by atoms with Crippen LogP contribution in [0.1, 0.15) is 30.5 Å². The number of nitrogens with two attached hydrogens (primary N) is 1. The van der Waals surface area contributed by atoms with Crippen molar-refractivity contribution in [3.63, 3.8) is 0 Å². The lowest BCUT2D eigenvalue weighted by atomic mass is 9.68. The smallest absolute Gasteiger partial charge is 0.208 e. The number of benzene rings is 1. The zero-order valence-corrected chi connectivity index (χ0v) is 15.7. The van der Waals surface area contributed by atoms with Gasteiger partial charge in [-0.05, 0) is 43.9 Å². The summed E-state index contributed by atoms with van der Waals surface area (Å²) in [6, 6.07) is 5.33. The Kier molecular flexibility index (Phi) is 3.83. The third kappa shape index (κ3) is 2.92. The first-order chi connectivity index (χ1) is 11.7. The lowest BCUT2D eigenvalue weighted by Gasteiger charge is -2.42. The van der Waals surface area contributed by atoms with Gasteiger partial charge in [-0.25, -0.2) is 13.1 Å². The molecule has 5 nitrogen and oxygen atoms in total. The molecule has 1 heterocycles. The number of aromatic nitrogens is 1. The molecule has 0 aliphatic heterocycles. The fourth-order valence-corrected chi connectivity index (χ4v) is 5.32. The molecule has 132 valence electrons. The highest BCUT2D eigenvalue weighted by molar-refractivity contribution is 7.88. The Hall–Kier alpha value is -1.63. The van der Waals surface area contributed by atoms with Gasteiger partial charge in [0, 0.05) is 39.3 Å². The predicted molar refractivity (Wildman–Crippen MR) is 101 cm³/mol. The summed E-state index contributed by atoms with van der Waals surface area (Å²) >= 11 is 6.10. The predicted octanol–water partition coefficient (Wildman–Crippen LogP) is 2.99. The average Bonchev–Trinajstić information content (AvgIpc) is 2.47. The number of halogens is 1. The van der Waals surface area contributed by atoms with E-state index in [1.54, 1.807) is 6.07 Å². The monoisotopic (exact) mass is 377 g/mol. The number of anilines is 1. The van der Waals surface area contributed by atoms with Crippen molar-refractivity contribution in [3.8, 4) is 0 Å². The minimum absolute atomic E-state index is 0.000975. The van der Waals surface area contributed by atoms with Crippen LogP contribution in [0.2, 0.25) is 5.02 Å². The molecule has 0 radical (unpaired) electrons. The van der Waals surface area contributed by atoms with E-state index >= 15 is 0 Å². The molecule has 4 rings (SSSR count). The summed E-state index contributed by atoms with van der Waals surface area (Å²) in [7, 11) is -3.30. The van der Waals surface area contributed by atoms with Crippen molar-refractivity contribution in [2.75, 3.05) is 12.0 Å². The Morgan fingerprint density at radius 3 is 2.80 bits per heavy atom. The van der Waals surface area contributed by atoms with Gasteiger partial charge in [-0.2, -0.15) is 0 Å². The molecule has 3 atom stereocenters. The maximum absolute atomic E-state index is 11.9. The van der Waals surface area contributed by atoms with E-state index in [0.717, 1.165) is 28.6 Å². The van der Waals surface area contributed by atoms with E-state index in [1.165, 1.54) is 11.8 Å². The first-order valence-corrected chi connectivity index (χ1v) is 10.5. The van der Waals surface area contributed by atoms with E-state index in [0.29, 0.717) is 17.1 Å². The van der Waals surface area contributed by atoms with Gasteiger partial charge in [0.05, 0.1) is 11.8 Å². The first kappa shape index (κ1) is 16.8. The van der Waals surface area contributed by atoms with Gasteiger partial charge in [-0.15, -0.1) is 0 Å². The van der Waals surface area contributed by atoms with Crippen LogP contribution in [0.15, 0.2) is 29.8 Å². The van der Waals surface area contributed by atoms with Crippen LogP contribution >= 0.6 is 11.6 Å². The van der Waals surface area contributed by atoms with Crippen LogP contribution in [0, 0.1) is 5.92 Å². The number of pyridine rings is 1. The maximum Gasteiger partial charge on any atom is 0.208 e. The number of nitrogen functional groups attached to an aromatic ring is 1. The zero-order valence-electron chi connectivity index (χ0n) is 14.1. The number of allylic oxidation sites excluding steroid dienone is 1. The summed E-state index contributed by atoms with van der Waals surface area (Å²) in [5, 5.41) is 1.50. The highest BCUT2D eigenvalue weighted by Gasteiger charge is 2.42. The van der Waals surface area contributed by atoms with E-state index in [4.69, 9.17) is 22.3 Å². The number of nitrogens with zero attached hydrogens (tertiary/aromatic N) is 1. The minimum Gasteiger partial charge on any atom is -0.398 e. The van der Waals surface area contributed by atoms with Gasteiger partial charge in [0.25, 0.3) is 0 Å². The molecule has 0 spiro atoms. The molecule has 0 saturated carbocycles. The summed E-state index contributed by atoms with van der Waals surface area (Å²) in [6.45, 7) is 2.09. The number of nitrogens with one attached hydrogen (secondary N) is 1. The van der Waals surface area contributed by atoms with E-state index in [1.807, 2.05) is 12.1 Å². The van der Waals surface area contributed by atoms with Gasteiger partial charge < -0.3 is 5.73 Å². The van der Waals surface area contributed by atoms with Gasteiger partial charge in [0.2, 0.25) is 10.0 Å². The Morgan fingerprint density at radius 1 is 1.32 bits per heavy atom. The van der Waals surface area contributed by atoms with Crippen molar-refractivity contribution in [1.29, 1.82) is 0 Å². The second-order valence-corrected chi connectivity index (χ2v) is 9.37. The second kappa shape index (κ2) is 5.69. The Labute approximate surface area is 152 Å². The molecule has 2 bridgehead atoms. The maximum atomic E-state index is 11.9. The third-order valence-corrected chi connectivity index (χ3v) is 6.13. The van der Waals surface area contributed by atoms with E-state index in [9.17, 15) is 8.42 Å². The molecule has 0 amide bonds. The van der Waals surface area contributed by atoms with E-state index in [2.05, 4.69) is 17.7 Å². The molecule has 1 aromatic carbocycles. The van der Waals surface area contributed by atoms with Crippen molar-refractivity contribution in [2.24, 2.45) is 5.92 Å². The third-order valence-electron chi connectivity index (χ3n) is 5.19. The highest BCUT2D eigenvalue weighted by atomic mass is 35.5. The van der Waals surface area contributed by atoms with Crippen LogP contribution in [0.4, 0.5) is 5.69 Å². The van der Waals surface area contributed by atoms with Crippen LogP contribution in [0.25, 0.3) is 10.9 Å². The second-order valence-electron chi connectivity index (χ2n) is 7.15. The summed E-state index contributed by atoms with van der Waals surface area (Å²) < 4.78 is 26.6. The number of rotatable bonds is 2. The molecule has 0 fully saturated rings. The van der Waals surface area contributed by atoms with Crippen molar-refractivity contribution >= 4 is 38.2 Å². The van der Waals surface area contributed by atoms with Crippen molar-refractivity contribution in [1.82, 2.24) is 9.71 Å². The Bertz CT molecular complexity index is 1020. The fraction of sp³-hybridized carbons (Fsp3) is 0.389. The molecule has 2 aliphatic rings. The molecule has 2 aliphatic carbocycles. The van der Waals surface area contributed by atoms with Crippen LogP contribution in [-0.2, 0) is 16.4 Å². The average molecular weight is 378 g/mol. The fourth-order valence-electron chi connectivity index (χ4n) is 4.32. The highest BCUT2D eigenvalue weighted by Crippen LogP contribution is 2.47. The first-order valence-electron chi connectivity index (χ1n) is 8.25. The van der Waals surface area contributed by atoms with Crippen molar-refractivity contribution in [3.05, 3.63) is 46.1 Å². The minimum atomic E-state index is -3.30. The Morgan fingerprint density at radius 2 is 2.08 bits per heavy atom. The lowest BCUT2D eigenvalue weighted by molar-refractivity contribution is 0.340. The van der Waals surface area contributed by atoms with Crippen molar-refractivity contribution in [2.45, 2.75) is 31.7 Å². The van der Waals surface area contributed by atoms with Crippen molar-refractivity contribution < 1.29 is 8.42 Å². The number of fused-ring (bicyclic) bond motifs is 5. The lowest BCUT2D eigenvalue weighted by Crippen LogP contribution is -2.48.